The average molecular weight is 323 g/mol. The molecule has 0 radical (unpaired) electrons. The highest BCUT2D eigenvalue weighted by Crippen LogP contribution is 2.27. The summed E-state index contributed by atoms with van der Waals surface area (Å²) in [4.78, 5) is 0.141. The molecule has 1 aromatic rings. The van der Waals surface area contributed by atoms with E-state index in [0.29, 0.717) is 29.7 Å². The molecule has 1 aliphatic rings. The summed E-state index contributed by atoms with van der Waals surface area (Å²) in [7, 11) is -3.54. The minimum atomic E-state index is -3.54. The maximum absolute atomic E-state index is 12.5. The van der Waals surface area contributed by atoms with Gasteiger partial charge in [0.2, 0.25) is 10.0 Å². The number of halogens is 2. The van der Waals surface area contributed by atoms with Crippen LogP contribution in [0.4, 0.5) is 0 Å². The number of piperidine rings is 1. The van der Waals surface area contributed by atoms with Crippen LogP contribution in [0.25, 0.3) is 0 Å². The molecule has 0 saturated carbocycles. The third-order valence-corrected chi connectivity index (χ3v) is 5.57. The van der Waals surface area contributed by atoms with Gasteiger partial charge < -0.3 is 5.73 Å². The summed E-state index contributed by atoms with van der Waals surface area (Å²) in [6.45, 7) is 1.48. The Morgan fingerprint density at radius 1 is 1.26 bits per heavy atom. The molecule has 1 unspecified atom stereocenters. The molecule has 2 N–H and O–H groups in total. The number of nitrogens with zero attached hydrogens (tertiary/aromatic N) is 1. The highest BCUT2D eigenvalue weighted by atomic mass is 35.5. The summed E-state index contributed by atoms with van der Waals surface area (Å²) in [5.74, 6) is 0.221. The van der Waals surface area contributed by atoms with E-state index in [9.17, 15) is 8.42 Å². The summed E-state index contributed by atoms with van der Waals surface area (Å²) < 4.78 is 26.5. The van der Waals surface area contributed by atoms with Crippen LogP contribution < -0.4 is 5.73 Å². The zero-order valence-electron chi connectivity index (χ0n) is 10.4. The normalized spacial score (nSPS) is 21.5. The number of hydrogen-bond acceptors (Lipinski definition) is 3. The largest absolute Gasteiger partial charge is 0.330 e. The minimum Gasteiger partial charge on any atom is -0.330 e. The van der Waals surface area contributed by atoms with Gasteiger partial charge in [-0.3, -0.25) is 0 Å². The van der Waals surface area contributed by atoms with Crippen LogP contribution in [0.3, 0.4) is 0 Å². The predicted molar refractivity (Wildman–Crippen MR) is 77.0 cm³/mol. The lowest BCUT2D eigenvalue weighted by molar-refractivity contribution is 0.271. The number of benzene rings is 1. The SMILES string of the molecule is NCC1CCCN(S(=O)(=O)c2cc(Cl)cc(Cl)c2)C1. The molecule has 19 heavy (non-hydrogen) atoms. The quantitative estimate of drug-likeness (QED) is 0.929. The van der Waals surface area contributed by atoms with Crippen molar-refractivity contribution in [3.8, 4) is 0 Å². The van der Waals surface area contributed by atoms with E-state index in [2.05, 4.69) is 0 Å². The lowest BCUT2D eigenvalue weighted by atomic mass is 10.0. The molecular formula is C12H16Cl2N2O2S. The molecule has 4 nitrogen and oxygen atoms in total. The maximum Gasteiger partial charge on any atom is 0.243 e. The molecule has 1 aliphatic heterocycles. The van der Waals surface area contributed by atoms with Gasteiger partial charge in [0.15, 0.2) is 0 Å². The van der Waals surface area contributed by atoms with Gasteiger partial charge in [-0.25, -0.2) is 8.42 Å². The van der Waals surface area contributed by atoms with Gasteiger partial charge >= 0.3 is 0 Å². The fourth-order valence-corrected chi connectivity index (χ4v) is 4.55. The highest BCUT2D eigenvalue weighted by molar-refractivity contribution is 7.89. The van der Waals surface area contributed by atoms with Crippen LogP contribution in [0.5, 0.6) is 0 Å². The standard InChI is InChI=1S/C12H16Cl2N2O2S/c13-10-4-11(14)6-12(5-10)19(17,18)16-3-1-2-9(7-15)8-16/h4-6,9H,1-3,7-8,15H2. The first kappa shape index (κ1) is 15.1. The van der Waals surface area contributed by atoms with Gasteiger partial charge in [-0.2, -0.15) is 4.31 Å². The van der Waals surface area contributed by atoms with Crippen molar-refractivity contribution in [1.29, 1.82) is 0 Å². The summed E-state index contributed by atoms with van der Waals surface area (Å²) in [5, 5.41) is 0.636. The zero-order valence-corrected chi connectivity index (χ0v) is 12.7. The summed E-state index contributed by atoms with van der Waals surface area (Å²) >= 11 is 11.7. The van der Waals surface area contributed by atoms with E-state index in [4.69, 9.17) is 28.9 Å². The predicted octanol–water partition coefficient (Wildman–Crippen LogP) is 2.35. The molecule has 1 atom stereocenters. The van der Waals surface area contributed by atoms with Crippen molar-refractivity contribution >= 4 is 33.2 Å². The van der Waals surface area contributed by atoms with Gasteiger partial charge in [-0.1, -0.05) is 23.2 Å². The first-order valence-corrected chi connectivity index (χ1v) is 8.29. The van der Waals surface area contributed by atoms with E-state index in [1.165, 1.54) is 22.5 Å². The molecule has 1 saturated heterocycles. The van der Waals surface area contributed by atoms with Crippen LogP contribution in [0.15, 0.2) is 23.1 Å². The molecule has 7 heteroatoms. The second kappa shape index (κ2) is 5.97. The first-order chi connectivity index (χ1) is 8.93. The van der Waals surface area contributed by atoms with E-state index in [-0.39, 0.29) is 10.8 Å². The number of rotatable bonds is 3. The molecule has 106 valence electrons. The van der Waals surface area contributed by atoms with Crippen LogP contribution in [0.2, 0.25) is 10.0 Å². The Hall–Kier alpha value is -0.330. The van der Waals surface area contributed by atoms with Gasteiger partial charge in [0.1, 0.15) is 0 Å². The van der Waals surface area contributed by atoms with E-state index < -0.39 is 10.0 Å². The Kier molecular flexibility index (Phi) is 4.74. The van der Waals surface area contributed by atoms with Crippen molar-refractivity contribution in [3.05, 3.63) is 28.2 Å². The number of sulfonamides is 1. The maximum atomic E-state index is 12.5. The van der Waals surface area contributed by atoms with Crippen LogP contribution in [0.1, 0.15) is 12.8 Å². The highest BCUT2D eigenvalue weighted by Gasteiger charge is 2.30. The Morgan fingerprint density at radius 2 is 1.89 bits per heavy atom. The molecule has 0 spiro atoms. The third-order valence-electron chi connectivity index (χ3n) is 3.29. The average Bonchev–Trinajstić information content (AvgIpc) is 2.37. The van der Waals surface area contributed by atoms with Gasteiger partial charge in [0.05, 0.1) is 4.90 Å². The van der Waals surface area contributed by atoms with Crippen molar-refractivity contribution in [2.45, 2.75) is 17.7 Å². The lowest BCUT2D eigenvalue weighted by Crippen LogP contribution is -2.41. The first-order valence-electron chi connectivity index (χ1n) is 6.10. The van der Waals surface area contributed by atoms with E-state index in [1.807, 2.05) is 0 Å². The Bertz CT molecular complexity index is 543. The van der Waals surface area contributed by atoms with Crippen LogP contribution >= 0.6 is 23.2 Å². The molecule has 0 bridgehead atoms. The van der Waals surface area contributed by atoms with Crippen LogP contribution in [-0.4, -0.2) is 32.4 Å². The Morgan fingerprint density at radius 3 is 2.47 bits per heavy atom. The third kappa shape index (κ3) is 3.41. The Labute approximate surface area is 123 Å². The molecule has 0 aliphatic carbocycles. The molecule has 1 heterocycles. The molecule has 1 fully saturated rings. The van der Waals surface area contributed by atoms with Crippen molar-refractivity contribution in [1.82, 2.24) is 4.31 Å². The van der Waals surface area contributed by atoms with Gasteiger partial charge in [0, 0.05) is 23.1 Å². The van der Waals surface area contributed by atoms with Crippen molar-refractivity contribution in [2.24, 2.45) is 11.7 Å². The van der Waals surface area contributed by atoms with Crippen molar-refractivity contribution < 1.29 is 8.42 Å². The minimum absolute atomic E-state index is 0.141. The monoisotopic (exact) mass is 322 g/mol. The fraction of sp³-hybridized carbons (Fsp3) is 0.500. The second-order valence-electron chi connectivity index (χ2n) is 4.71. The molecule has 1 aromatic carbocycles. The van der Waals surface area contributed by atoms with Crippen molar-refractivity contribution in [2.75, 3.05) is 19.6 Å². The lowest BCUT2D eigenvalue weighted by Gasteiger charge is -2.31. The van der Waals surface area contributed by atoms with Gasteiger partial charge in [-0.05, 0) is 43.5 Å². The fourth-order valence-electron chi connectivity index (χ4n) is 2.26. The molecule has 2 rings (SSSR count). The van der Waals surface area contributed by atoms with Crippen LogP contribution in [0, 0.1) is 5.92 Å². The summed E-state index contributed by atoms with van der Waals surface area (Å²) in [5.41, 5.74) is 5.63. The molecule has 0 amide bonds. The summed E-state index contributed by atoms with van der Waals surface area (Å²) in [6.07, 6.45) is 1.80. The zero-order chi connectivity index (χ0) is 14.0. The molecular weight excluding hydrogens is 307 g/mol. The van der Waals surface area contributed by atoms with Crippen LogP contribution in [-0.2, 0) is 10.0 Å². The summed E-state index contributed by atoms with van der Waals surface area (Å²) in [6, 6.07) is 4.37. The Balaban J connectivity index is 2.31. The van der Waals surface area contributed by atoms with Gasteiger partial charge in [0.25, 0.3) is 0 Å². The second-order valence-corrected chi connectivity index (χ2v) is 7.52. The smallest absolute Gasteiger partial charge is 0.243 e. The van der Waals surface area contributed by atoms with Gasteiger partial charge in [-0.15, -0.1) is 0 Å². The van der Waals surface area contributed by atoms with E-state index >= 15 is 0 Å². The van der Waals surface area contributed by atoms with E-state index in [0.717, 1.165) is 12.8 Å². The number of hydrogen-bond donors (Lipinski definition) is 1. The van der Waals surface area contributed by atoms with E-state index in [1.54, 1.807) is 0 Å². The van der Waals surface area contributed by atoms with Crippen molar-refractivity contribution in [3.63, 3.8) is 0 Å². The number of nitrogens with two attached hydrogens (primary N) is 1. The molecule has 0 aromatic heterocycles. The topological polar surface area (TPSA) is 63.4 Å².